The summed E-state index contributed by atoms with van der Waals surface area (Å²) in [5.74, 6) is 0. The van der Waals surface area contributed by atoms with E-state index in [9.17, 15) is 5.11 Å². The molecule has 2 unspecified atom stereocenters. The summed E-state index contributed by atoms with van der Waals surface area (Å²) in [4.78, 5) is 0. The highest BCUT2D eigenvalue weighted by atomic mass is 16.3. The Morgan fingerprint density at radius 3 is 2.44 bits per heavy atom. The largest absolute Gasteiger partial charge is 0.392 e. The van der Waals surface area contributed by atoms with E-state index in [0.717, 1.165) is 12.8 Å². The lowest BCUT2D eigenvalue weighted by atomic mass is 10.1. The molecular formula is C7H17NO. The molecule has 0 saturated heterocycles. The molecule has 0 aliphatic carbocycles. The summed E-state index contributed by atoms with van der Waals surface area (Å²) in [7, 11) is 1.86. The highest BCUT2D eigenvalue weighted by Gasteiger charge is 2.08. The zero-order valence-electron chi connectivity index (χ0n) is 6.52. The molecule has 2 N–H and O–H groups in total. The van der Waals surface area contributed by atoms with Crippen molar-refractivity contribution in [1.82, 2.24) is 5.32 Å². The summed E-state index contributed by atoms with van der Waals surface area (Å²) in [5, 5.41) is 12.3. The minimum Gasteiger partial charge on any atom is -0.392 e. The van der Waals surface area contributed by atoms with E-state index < -0.39 is 0 Å². The standard InChI is InChI=1S/C7H17NO/c1-4-5-7(9)6(2)8-3/h6-9H,4-5H2,1-3H3. The van der Waals surface area contributed by atoms with Gasteiger partial charge < -0.3 is 10.4 Å². The smallest absolute Gasteiger partial charge is 0.0690 e. The van der Waals surface area contributed by atoms with E-state index in [1.165, 1.54) is 0 Å². The Morgan fingerprint density at radius 1 is 1.56 bits per heavy atom. The van der Waals surface area contributed by atoms with Crippen LogP contribution in [-0.4, -0.2) is 24.3 Å². The summed E-state index contributed by atoms with van der Waals surface area (Å²) in [6, 6.07) is 0.227. The molecule has 0 rings (SSSR count). The predicted molar refractivity (Wildman–Crippen MR) is 39.4 cm³/mol. The number of likely N-dealkylation sites (N-methyl/N-ethyl adjacent to an activating group) is 1. The summed E-state index contributed by atoms with van der Waals surface area (Å²) < 4.78 is 0. The number of aliphatic hydroxyl groups is 1. The van der Waals surface area contributed by atoms with Gasteiger partial charge in [-0.25, -0.2) is 0 Å². The van der Waals surface area contributed by atoms with E-state index in [-0.39, 0.29) is 12.1 Å². The second-order valence-electron chi connectivity index (χ2n) is 2.43. The van der Waals surface area contributed by atoms with Gasteiger partial charge >= 0.3 is 0 Å². The van der Waals surface area contributed by atoms with Gasteiger partial charge in [0.1, 0.15) is 0 Å². The average Bonchev–Trinajstić information content (AvgIpc) is 1.87. The molecule has 0 aromatic heterocycles. The van der Waals surface area contributed by atoms with Crippen molar-refractivity contribution in [3.05, 3.63) is 0 Å². The Labute approximate surface area is 57.3 Å². The second-order valence-corrected chi connectivity index (χ2v) is 2.43. The van der Waals surface area contributed by atoms with E-state index >= 15 is 0 Å². The Hall–Kier alpha value is -0.0800. The Kier molecular flexibility index (Phi) is 4.72. The fourth-order valence-corrected chi connectivity index (χ4v) is 0.738. The van der Waals surface area contributed by atoms with Crippen molar-refractivity contribution in [2.24, 2.45) is 0 Å². The number of hydrogen-bond donors (Lipinski definition) is 2. The lowest BCUT2D eigenvalue weighted by Gasteiger charge is -2.16. The fourth-order valence-electron chi connectivity index (χ4n) is 0.738. The van der Waals surface area contributed by atoms with Crippen LogP contribution in [0.3, 0.4) is 0 Å². The monoisotopic (exact) mass is 131 g/mol. The maximum Gasteiger partial charge on any atom is 0.0690 e. The number of rotatable bonds is 4. The Bertz CT molecular complexity index is 65.9. The van der Waals surface area contributed by atoms with E-state index in [0.29, 0.717) is 0 Å². The van der Waals surface area contributed by atoms with Crippen molar-refractivity contribution in [2.75, 3.05) is 7.05 Å². The predicted octanol–water partition coefficient (Wildman–Crippen LogP) is 0.755. The number of nitrogens with one attached hydrogen (secondary N) is 1. The number of hydrogen-bond acceptors (Lipinski definition) is 2. The van der Waals surface area contributed by atoms with Crippen LogP contribution in [-0.2, 0) is 0 Å². The molecule has 9 heavy (non-hydrogen) atoms. The molecule has 0 aliphatic rings. The minimum absolute atomic E-state index is 0.181. The van der Waals surface area contributed by atoms with Crippen molar-refractivity contribution in [3.8, 4) is 0 Å². The van der Waals surface area contributed by atoms with Gasteiger partial charge in [0.05, 0.1) is 6.10 Å². The van der Waals surface area contributed by atoms with E-state index in [4.69, 9.17) is 0 Å². The maximum absolute atomic E-state index is 9.26. The van der Waals surface area contributed by atoms with Crippen molar-refractivity contribution < 1.29 is 5.11 Å². The molecule has 0 radical (unpaired) electrons. The van der Waals surface area contributed by atoms with Crippen molar-refractivity contribution in [1.29, 1.82) is 0 Å². The maximum atomic E-state index is 9.26. The first kappa shape index (κ1) is 8.92. The molecule has 0 aromatic carbocycles. The molecule has 0 saturated carbocycles. The van der Waals surface area contributed by atoms with Gasteiger partial charge in [0.25, 0.3) is 0 Å². The quantitative estimate of drug-likeness (QED) is 0.590. The zero-order valence-corrected chi connectivity index (χ0v) is 6.52. The molecule has 0 spiro atoms. The first-order valence-electron chi connectivity index (χ1n) is 3.57. The summed E-state index contributed by atoms with van der Waals surface area (Å²) >= 11 is 0. The van der Waals surface area contributed by atoms with E-state index in [1.807, 2.05) is 14.0 Å². The first-order valence-corrected chi connectivity index (χ1v) is 3.57. The summed E-state index contributed by atoms with van der Waals surface area (Å²) in [5.41, 5.74) is 0. The third-order valence-corrected chi connectivity index (χ3v) is 1.62. The second kappa shape index (κ2) is 4.77. The summed E-state index contributed by atoms with van der Waals surface area (Å²) in [6.07, 6.45) is 1.76. The average molecular weight is 131 g/mol. The van der Waals surface area contributed by atoms with Crippen LogP contribution in [0.15, 0.2) is 0 Å². The lowest BCUT2D eigenvalue weighted by molar-refractivity contribution is 0.128. The molecule has 0 bridgehead atoms. The fraction of sp³-hybridized carbons (Fsp3) is 1.00. The zero-order chi connectivity index (χ0) is 7.28. The van der Waals surface area contributed by atoms with Gasteiger partial charge in [-0.15, -0.1) is 0 Å². The SMILES string of the molecule is CCCC(O)C(C)NC. The highest BCUT2D eigenvalue weighted by molar-refractivity contribution is 4.67. The van der Waals surface area contributed by atoms with Crippen molar-refractivity contribution in [2.45, 2.75) is 38.8 Å². The third kappa shape index (κ3) is 3.49. The molecule has 2 atom stereocenters. The van der Waals surface area contributed by atoms with Crippen LogP contribution < -0.4 is 5.32 Å². The molecular weight excluding hydrogens is 114 g/mol. The first-order chi connectivity index (χ1) is 4.22. The van der Waals surface area contributed by atoms with Gasteiger partial charge in [0, 0.05) is 6.04 Å². The summed E-state index contributed by atoms with van der Waals surface area (Å²) in [6.45, 7) is 4.06. The molecule has 2 nitrogen and oxygen atoms in total. The molecule has 2 heteroatoms. The van der Waals surface area contributed by atoms with Crippen molar-refractivity contribution >= 4 is 0 Å². The van der Waals surface area contributed by atoms with Crippen LogP contribution in [0.4, 0.5) is 0 Å². The Balaban J connectivity index is 3.32. The Morgan fingerprint density at radius 2 is 2.11 bits per heavy atom. The van der Waals surface area contributed by atoms with E-state index in [2.05, 4.69) is 12.2 Å². The molecule has 0 amide bonds. The van der Waals surface area contributed by atoms with Crippen LogP contribution in [0.5, 0.6) is 0 Å². The normalized spacial score (nSPS) is 17.3. The van der Waals surface area contributed by atoms with Crippen LogP contribution in [0.2, 0.25) is 0 Å². The molecule has 0 aliphatic heterocycles. The third-order valence-electron chi connectivity index (χ3n) is 1.62. The van der Waals surface area contributed by atoms with Gasteiger partial charge in [0.15, 0.2) is 0 Å². The number of aliphatic hydroxyl groups excluding tert-OH is 1. The minimum atomic E-state index is -0.181. The van der Waals surface area contributed by atoms with Crippen LogP contribution >= 0.6 is 0 Å². The van der Waals surface area contributed by atoms with Crippen LogP contribution in [0, 0.1) is 0 Å². The van der Waals surface area contributed by atoms with Gasteiger partial charge in [-0.1, -0.05) is 13.3 Å². The molecule has 56 valence electrons. The topological polar surface area (TPSA) is 32.3 Å². The van der Waals surface area contributed by atoms with Crippen LogP contribution in [0.1, 0.15) is 26.7 Å². The van der Waals surface area contributed by atoms with Crippen LogP contribution in [0.25, 0.3) is 0 Å². The van der Waals surface area contributed by atoms with Gasteiger partial charge in [0.2, 0.25) is 0 Å². The lowest BCUT2D eigenvalue weighted by Crippen LogP contribution is -2.34. The van der Waals surface area contributed by atoms with Crippen molar-refractivity contribution in [3.63, 3.8) is 0 Å². The van der Waals surface area contributed by atoms with Gasteiger partial charge in [-0.05, 0) is 20.4 Å². The molecule has 0 heterocycles. The highest BCUT2D eigenvalue weighted by Crippen LogP contribution is 1.99. The molecule has 0 aromatic rings. The van der Waals surface area contributed by atoms with Gasteiger partial charge in [-0.2, -0.15) is 0 Å². The van der Waals surface area contributed by atoms with Gasteiger partial charge in [-0.3, -0.25) is 0 Å². The molecule has 0 fully saturated rings. The van der Waals surface area contributed by atoms with E-state index in [1.54, 1.807) is 0 Å².